The summed E-state index contributed by atoms with van der Waals surface area (Å²) in [6.45, 7) is -1.01. The van der Waals surface area contributed by atoms with Crippen LogP contribution in [0.5, 0.6) is 5.75 Å². The zero-order chi connectivity index (χ0) is 8.97. The van der Waals surface area contributed by atoms with Crippen LogP contribution in [-0.4, -0.2) is 17.8 Å². The van der Waals surface area contributed by atoms with Gasteiger partial charge in [-0.2, -0.15) is 0 Å². The molecule has 0 aliphatic carbocycles. The van der Waals surface area contributed by atoms with Crippen LogP contribution in [0.3, 0.4) is 0 Å². The first kappa shape index (κ1) is 8.45. The number of carbonyl (C=O) groups is 1. The Labute approximate surface area is 68.2 Å². The molecule has 0 aromatic carbocycles. The summed E-state index contributed by atoms with van der Waals surface area (Å²) >= 11 is 0. The second-order valence-electron chi connectivity index (χ2n) is 1.97. The number of halogens is 1. The molecule has 1 amide bonds. The lowest BCUT2D eigenvalue weighted by Gasteiger charge is -2.03. The monoisotopic (exact) mass is 170 g/mol. The first-order valence-electron chi connectivity index (χ1n) is 3.19. The van der Waals surface area contributed by atoms with Gasteiger partial charge < -0.3 is 10.5 Å². The third-order valence-corrected chi connectivity index (χ3v) is 1.21. The largest absolute Gasteiger partial charge is 0.460 e. The number of hydrogen-bond acceptors (Lipinski definition) is 3. The predicted molar refractivity (Wildman–Crippen MR) is 39.4 cm³/mol. The number of nitrogens with zero attached hydrogens (tertiary/aromatic N) is 1. The fourth-order valence-corrected chi connectivity index (χ4v) is 0.751. The fraction of sp³-hybridized carbons (Fsp3) is 0.143. The van der Waals surface area contributed by atoms with Crippen molar-refractivity contribution in [2.24, 2.45) is 5.73 Å². The van der Waals surface area contributed by atoms with Gasteiger partial charge in [0.2, 0.25) is 6.86 Å². The van der Waals surface area contributed by atoms with E-state index in [0.29, 0.717) is 0 Å². The molecule has 0 atom stereocenters. The van der Waals surface area contributed by atoms with Crippen molar-refractivity contribution in [2.45, 2.75) is 0 Å². The van der Waals surface area contributed by atoms with Crippen LogP contribution in [0.1, 0.15) is 10.5 Å². The highest BCUT2D eigenvalue weighted by atomic mass is 19.1. The van der Waals surface area contributed by atoms with E-state index in [4.69, 9.17) is 5.73 Å². The number of carbonyl (C=O) groups excluding carboxylic acids is 1. The number of amides is 1. The van der Waals surface area contributed by atoms with Crippen LogP contribution in [0, 0.1) is 0 Å². The summed E-state index contributed by atoms with van der Waals surface area (Å²) in [6, 6.07) is 2.95. The maximum atomic E-state index is 11.7. The molecule has 4 nitrogen and oxygen atoms in total. The summed E-state index contributed by atoms with van der Waals surface area (Å²) in [5.41, 5.74) is 4.88. The van der Waals surface area contributed by atoms with Gasteiger partial charge in [0.1, 0.15) is 0 Å². The van der Waals surface area contributed by atoms with E-state index in [1.54, 1.807) is 0 Å². The lowest BCUT2D eigenvalue weighted by atomic mass is 10.3. The molecular formula is C7H7FN2O2. The number of alkyl halides is 1. The minimum atomic E-state index is -1.01. The molecule has 2 N–H and O–H groups in total. The predicted octanol–water partition coefficient (Wildman–Crippen LogP) is 0.486. The Morgan fingerprint density at radius 1 is 1.75 bits per heavy atom. The molecule has 0 unspecified atom stereocenters. The van der Waals surface area contributed by atoms with Crippen LogP contribution in [0.25, 0.3) is 0 Å². The van der Waals surface area contributed by atoms with Crippen molar-refractivity contribution in [1.82, 2.24) is 4.98 Å². The Balaban J connectivity index is 3.00. The molecule has 0 saturated heterocycles. The Morgan fingerprint density at radius 3 is 3.08 bits per heavy atom. The molecule has 0 aliphatic heterocycles. The lowest BCUT2D eigenvalue weighted by molar-refractivity contribution is 0.0987. The van der Waals surface area contributed by atoms with E-state index in [2.05, 4.69) is 9.72 Å². The number of hydrogen-bond donors (Lipinski definition) is 1. The number of pyridine rings is 1. The molecule has 1 aromatic rings. The normalized spacial score (nSPS) is 9.42. The van der Waals surface area contributed by atoms with Crippen LogP contribution < -0.4 is 10.5 Å². The second-order valence-corrected chi connectivity index (χ2v) is 1.97. The van der Waals surface area contributed by atoms with Gasteiger partial charge in [-0.05, 0) is 12.1 Å². The Morgan fingerprint density at radius 2 is 2.50 bits per heavy atom. The van der Waals surface area contributed by atoms with E-state index in [1.165, 1.54) is 18.3 Å². The van der Waals surface area contributed by atoms with E-state index >= 15 is 0 Å². The van der Waals surface area contributed by atoms with Gasteiger partial charge in [0.15, 0.2) is 11.4 Å². The maximum absolute atomic E-state index is 11.7. The van der Waals surface area contributed by atoms with Gasteiger partial charge in [0.25, 0.3) is 5.91 Å². The summed E-state index contributed by atoms with van der Waals surface area (Å²) in [7, 11) is 0. The van der Waals surface area contributed by atoms with E-state index in [9.17, 15) is 9.18 Å². The molecule has 1 rings (SSSR count). The number of primary amides is 1. The van der Waals surface area contributed by atoms with Crippen molar-refractivity contribution < 1.29 is 13.9 Å². The molecule has 0 bridgehead atoms. The number of nitrogens with two attached hydrogens (primary N) is 1. The van der Waals surface area contributed by atoms with Gasteiger partial charge in [0.05, 0.1) is 0 Å². The Bertz CT molecular complexity index is 290. The molecule has 5 heteroatoms. The highest BCUT2D eigenvalue weighted by Gasteiger charge is 2.09. The van der Waals surface area contributed by atoms with Gasteiger partial charge in [0, 0.05) is 6.20 Å². The second kappa shape index (κ2) is 3.66. The molecule has 0 saturated carbocycles. The highest BCUT2D eigenvalue weighted by Crippen LogP contribution is 2.13. The SMILES string of the molecule is NC(=O)c1ncccc1OCF. The summed E-state index contributed by atoms with van der Waals surface area (Å²) in [6.07, 6.45) is 1.38. The zero-order valence-electron chi connectivity index (χ0n) is 6.16. The van der Waals surface area contributed by atoms with Crippen LogP contribution in [-0.2, 0) is 0 Å². The molecule has 64 valence electrons. The maximum Gasteiger partial charge on any atom is 0.271 e. The first-order valence-corrected chi connectivity index (χ1v) is 3.19. The summed E-state index contributed by atoms with van der Waals surface area (Å²) < 4.78 is 16.2. The third-order valence-electron chi connectivity index (χ3n) is 1.21. The smallest absolute Gasteiger partial charge is 0.271 e. The number of aromatic nitrogens is 1. The minimum absolute atomic E-state index is 0.0600. The molecule has 0 aliphatic rings. The minimum Gasteiger partial charge on any atom is -0.460 e. The molecule has 1 heterocycles. The van der Waals surface area contributed by atoms with Crippen molar-refractivity contribution in [3.63, 3.8) is 0 Å². The van der Waals surface area contributed by atoms with E-state index in [-0.39, 0.29) is 11.4 Å². The number of ether oxygens (including phenoxy) is 1. The molecule has 1 aromatic heterocycles. The first-order chi connectivity index (χ1) is 5.75. The summed E-state index contributed by atoms with van der Waals surface area (Å²) in [4.78, 5) is 14.3. The Kier molecular flexibility index (Phi) is 2.57. The van der Waals surface area contributed by atoms with Crippen molar-refractivity contribution in [3.8, 4) is 5.75 Å². The fourth-order valence-electron chi connectivity index (χ4n) is 0.751. The summed E-state index contributed by atoms with van der Waals surface area (Å²) in [5.74, 6) is -0.674. The van der Waals surface area contributed by atoms with Crippen LogP contribution >= 0.6 is 0 Å². The molecule has 12 heavy (non-hydrogen) atoms. The topological polar surface area (TPSA) is 65.2 Å². The molecule has 0 spiro atoms. The van der Waals surface area contributed by atoms with Crippen molar-refractivity contribution >= 4 is 5.91 Å². The van der Waals surface area contributed by atoms with Crippen molar-refractivity contribution in [1.29, 1.82) is 0 Å². The van der Waals surface area contributed by atoms with Gasteiger partial charge in [-0.15, -0.1) is 0 Å². The van der Waals surface area contributed by atoms with Gasteiger partial charge in [-0.3, -0.25) is 4.79 Å². The average Bonchev–Trinajstić information content (AvgIpc) is 2.05. The summed E-state index contributed by atoms with van der Waals surface area (Å²) in [5, 5.41) is 0. The van der Waals surface area contributed by atoms with E-state index < -0.39 is 12.8 Å². The average molecular weight is 170 g/mol. The van der Waals surface area contributed by atoms with Crippen molar-refractivity contribution in [3.05, 3.63) is 24.0 Å². The van der Waals surface area contributed by atoms with Crippen molar-refractivity contribution in [2.75, 3.05) is 6.86 Å². The third kappa shape index (κ3) is 1.69. The molecule has 0 radical (unpaired) electrons. The van der Waals surface area contributed by atoms with E-state index in [0.717, 1.165) is 0 Å². The number of rotatable bonds is 3. The molecule has 0 fully saturated rings. The van der Waals surface area contributed by atoms with Crippen LogP contribution in [0.15, 0.2) is 18.3 Å². The highest BCUT2D eigenvalue weighted by molar-refractivity contribution is 5.93. The lowest BCUT2D eigenvalue weighted by Crippen LogP contribution is -2.14. The van der Waals surface area contributed by atoms with Crippen LogP contribution in [0.2, 0.25) is 0 Å². The van der Waals surface area contributed by atoms with E-state index in [1.807, 2.05) is 0 Å². The van der Waals surface area contributed by atoms with Gasteiger partial charge >= 0.3 is 0 Å². The van der Waals surface area contributed by atoms with Gasteiger partial charge in [-0.25, -0.2) is 9.37 Å². The Hall–Kier alpha value is -1.65. The quantitative estimate of drug-likeness (QED) is 0.717. The van der Waals surface area contributed by atoms with Crippen LogP contribution in [0.4, 0.5) is 4.39 Å². The molecular weight excluding hydrogens is 163 g/mol. The zero-order valence-corrected chi connectivity index (χ0v) is 6.16. The van der Waals surface area contributed by atoms with Gasteiger partial charge in [-0.1, -0.05) is 0 Å². The standard InChI is InChI=1S/C7H7FN2O2/c8-4-12-5-2-1-3-10-6(5)7(9)11/h1-3H,4H2,(H2,9,11).